The molecule has 33 heavy (non-hydrogen) atoms. The van der Waals surface area contributed by atoms with Gasteiger partial charge in [-0.2, -0.15) is 5.10 Å². The fourth-order valence-electron chi connectivity index (χ4n) is 4.04. The fourth-order valence-corrected chi connectivity index (χ4v) is 4.04. The smallest absolute Gasteiger partial charge is 0.266 e. The van der Waals surface area contributed by atoms with Crippen molar-refractivity contribution in [3.05, 3.63) is 77.1 Å². The van der Waals surface area contributed by atoms with Crippen molar-refractivity contribution in [2.45, 2.75) is 26.3 Å². The van der Waals surface area contributed by atoms with Crippen LogP contribution in [0.3, 0.4) is 0 Å². The Kier molecular flexibility index (Phi) is 7.40. The van der Waals surface area contributed by atoms with E-state index in [1.807, 2.05) is 54.3 Å². The van der Waals surface area contributed by atoms with E-state index < -0.39 is 0 Å². The van der Waals surface area contributed by atoms with Crippen molar-refractivity contribution in [3.63, 3.8) is 0 Å². The van der Waals surface area contributed by atoms with Crippen LogP contribution in [0.25, 0.3) is 11.3 Å². The number of nitrogens with zero attached hydrogens (tertiary/aromatic N) is 4. The highest BCUT2D eigenvalue weighted by Crippen LogP contribution is 2.20. The molecular formula is C26H30N4O3. The van der Waals surface area contributed by atoms with Gasteiger partial charge in [-0.15, -0.1) is 0 Å². The molecule has 3 aromatic rings. The number of aryl methyl sites for hydroxylation is 1. The van der Waals surface area contributed by atoms with Crippen molar-refractivity contribution in [3.8, 4) is 17.0 Å². The molecule has 0 unspecified atom stereocenters. The zero-order valence-corrected chi connectivity index (χ0v) is 19.0. The second-order valence-corrected chi connectivity index (χ2v) is 8.04. The van der Waals surface area contributed by atoms with Gasteiger partial charge in [0.15, 0.2) is 0 Å². The molecule has 1 aliphatic rings. The molecule has 1 aliphatic heterocycles. The maximum Gasteiger partial charge on any atom is 0.266 e. The third-order valence-corrected chi connectivity index (χ3v) is 5.84. The minimum Gasteiger partial charge on any atom is -0.494 e. The van der Waals surface area contributed by atoms with E-state index in [-0.39, 0.29) is 11.5 Å². The molecule has 2 heterocycles. The van der Waals surface area contributed by atoms with Crippen LogP contribution in [0.1, 0.15) is 19.8 Å². The molecule has 0 atom stereocenters. The van der Waals surface area contributed by atoms with Crippen LogP contribution in [0.15, 0.2) is 71.5 Å². The van der Waals surface area contributed by atoms with Crippen molar-refractivity contribution in [2.24, 2.45) is 0 Å². The van der Waals surface area contributed by atoms with E-state index in [0.717, 1.165) is 43.2 Å². The summed E-state index contributed by atoms with van der Waals surface area (Å²) in [4.78, 5) is 29.2. The minimum atomic E-state index is -0.159. The number of hydrogen-bond acceptors (Lipinski definition) is 5. The number of benzene rings is 2. The van der Waals surface area contributed by atoms with Crippen molar-refractivity contribution >= 4 is 11.6 Å². The Balaban J connectivity index is 1.29. The fraction of sp³-hybridized carbons (Fsp3) is 0.346. The second-order valence-electron chi connectivity index (χ2n) is 8.04. The molecule has 1 fully saturated rings. The topological polar surface area (TPSA) is 67.7 Å². The van der Waals surface area contributed by atoms with Crippen molar-refractivity contribution in [1.29, 1.82) is 0 Å². The van der Waals surface area contributed by atoms with Crippen LogP contribution < -0.4 is 15.2 Å². The number of para-hydroxylation sites is 1. The Morgan fingerprint density at radius 3 is 2.36 bits per heavy atom. The summed E-state index contributed by atoms with van der Waals surface area (Å²) >= 11 is 0. The number of amides is 1. The number of aromatic nitrogens is 2. The summed E-state index contributed by atoms with van der Waals surface area (Å²) in [6, 6.07) is 21.2. The lowest BCUT2D eigenvalue weighted by atomic mass is 10.1. The first-order chi connectivity index (χ1) is 16.1. The largest absolute Gasteiger partial charge is 0.494 e. The quantitative estimate of drug-likeness (QED) is 0.530. The van der Waals surface area contributed by atoms with Gasteiger partial charge in [0.2, 0.25) is 5.91 Å². The van der Waals surface area contributed by atoms with Gasteiger partial charge in [-0.1, -0.05) is 18.2 Å². The first-order valence-electron chi connectivity index (χ1n) is 11.5. The maximum atomic E-state index is 12.7. The van der Waals surface area contributed by atoms with Crippen LogP contribution in [0, 0.1) is 0 Å². The summed E-state index contributed by atoms with van der Waals surface area (Å²) in [7, 11) is 0. The average molecular weight is 447 g/mol. The molecule has 0 radical (unpaired) electrons. The summed E-state index contributed by atoms with van der Waals surface area (Å²) in [6.45, 7) is 6.09. The van der Waals surface area contributed by atoms with Crippen molar-refractivity contribution in [1.82, 2.24) is 14.7 Å². The lowest BCUT2D eigenvalue weighted by Gasteiger charge is -2.36. The predicted octanol–water partition coefficient (Wildman–Crippen LogP) is 3.44. The Morgan fingerprint density at radius 1 is 0.939 bits per heavy atom. The molecule has 7 heteroatoms. The summed E-state index contributed by atoms with van der Waals surface area (Å²) in [5.41, 5.74) is 2.68. The van der Waals surface area contributed by atoms with Gasteiger partial charge in [-0.25, -0.2) is 4.68 Å². The number of rotatable bonds is 8. The van der Waals surface area contributed by atoms with Crippen LogP contribution in [0.2, 0.25) is 0 Å². The zero-order valence-electron chi connectivity index (χ0n) is 19.0. The molecule has 0 N–H and O–H groups in total. The number of hydrogen-bond donors (Lipinski definition) is 0. The Bertz CT molecular complexity index is 1100. The van der Waals surface area contributed by atoms with Gasteiger partial charge in [0.25, 0.3) is 5.56 Å². The molecule has 2 aromatic carbocycles. The first-order valence-corrected chi connectivity index (χ1v) is 11.5. The number of anilines is 1. The summed E-state index contributed by atoms with van der Waals surface area (Å²) in [5.74, 6) is 0.941. The van der Waals surface area contributed by atoms with Crippen LogP contribution >= 0.6 is 0 Å². The van der Waals surface area contributed by atoms with Crippen molar-refractivity contribution in [2.75, 3.05) is 37.7 Å². The van der Waals surface area contributed by atoms with E-state index in [0.29, 0.717) is 26.0 Å². The predicted molar refractivity (Wildman–Crippen MR) is 130 cm³/mol. The molecule has 0 spiro atoms. The highest BCUT2D eigenvalue weighted by atomic mass is 16.5. The third kappa shape index (κ3) is 5.80. The Hall–Kier alpha value is -3.61. The monoisotopic (exact) mass is 446 g/mol. The van der Waals surface area contributed by atoms with Gasteiger partial charge >= 0.3 is 0 Å². The Morgan fingerprint density at radius 2 is 1.67 bits per heavy atom. The van der Waals surface area contributed by atoms with Crippen LogP contribution in [-0.4, -0.2) is 53.4 Å². The highest BCUT2D eigenvalue weighted by Gasteiger charge is 2.20. The van der Waals surface area contributed by atoms with E-state index in [1.165, 1.54) is 16.4 Å². The number of carbonyl (C=O) groups is 1. The Labute approximate surface area is 194 Å². The van der Waals surface area contributed by atoms with E-state index in [4.69, 9.17) is 4.74 Å². The molecule has 7 nitrogen and oxygen atoms in total. The minimum absolute atomic E-state index is 0.137. The molecule has 1 amide bonds. The van der Waals surface area contributed by atoms with Gasteiger partial charge in [0.05, 0.1) is 12.3 Å². The average Bonchev–Trinajstić information content (AvgIpc) is 2.86. The normalized spacial score (nSPS) is 13.7. The van der Waals surface area contributed by atoms with Gasteiger partial charge in [-0.3, -0.25) is 9.59 Å². The van der Waals surface area contributed by atoms with E-state index in [9.17, 15) is 9.59 Å². The lowest BCUT2D eigenvalue weighted by molar-refractivity contribution is -0.131. The van der Waals surface area contributed by atoms with Crippen LogP contribution in [0.5, 0.6) is 5.75 Å². The van der Waals surface area contributed by atoms with Gasteiger partial charge in [-0.05, 0) is 55.8 Å². The first kappa shape index (κ1) is 22.6. The third-order valence-electron chi connectivity index (χ3n) is 5.84. The maximum absolute atomic E-state index is 12.7. The van der Waals surface area contributed by atoms with Gasteiger partial charge in [0.1, 0.15) is 5.75 Å². The van der Waals surface area contributed by atoms with E-state index in [2.05, 4.69) is 22.1 Å². The molecule has 4 rings (SSSR count). The zero-order chi connectivity index (χ0) is 23.0. The van der Waals surface area contributed by atoms with E-state index in [1.54, 1.807) is 6.07 Å². The molecule has 0 saturated carbocycles. The molecule has 172 valence electrons. The molecule has 1 aromatic heterocycles. The summed E-state index contributed by atoms with van der Waals surface area (Å²) in [6.07, 6.45) is 0.990. The summed E-state index contributed by atoms with van der Waals surface area (Å²) < 4.78 is 6.93. The number of carbonyl (C=O) groups excluding carboxylic acids is 1. The standard InChI is InChI=1S/C26H30N4O3/c1-2-33-23-12-10-21(11-13-23)24-14-15-26(32)30(27-24)16-6-9-25(31)29-19-17-28(18-20-29)22-7-4-3-5-8-22/h3-5,7-8,10-15H,2,6,9,16-20H2,1H3. The van der Waals surface area contributed by atoms with Gasteiger partial charge in [0, 0.05) is 56.5 Å². The lowest BCUT2D eigenvalue weighted by Crippen LogP contribution is -2.48. The molecular weight excluding hydrogens is 416 g/mol. The second kappa shape index (κ2) is 10.8. The molecule has 0 bridgehead atoms. The summed E-state index contributed by atoms with van der Waals surface area (Å²) in [5, 5.41) is 4.50. The van der Waals surface area contributed by atoms with Crippen molar-refractivity contribution < 1.29 is 9.53 Å². The number of piperazine rings is 1. The van der Waals surface area contributed by atoms with Gasteiger partial charge < -0.3 is 14.5 Å². The van der Waals surface area contributed by atoms with E-state index >= 15 is 0 Å². The van der Waals surface area contributed by atoms with Crippen LogP contribution in [-0.2, 0) is 11.3 Å². The SMILES string of the molecule is CCOc1ccc(-c2ccc(=O)n(CCCC(=O)N3CCN(c4ccccc4)CC3)n2)cc1. The molecule has 0 aliphatic carbocycles. The highest BCUT2D eigenvalue weighted by molar-refractivity contribution is 5.76. The molecule has 1 saturated heterocycles. The van der Waals surface area contributed by atoms with Crippen LogP contribution in [0.4, 0.5) is 5.69 Å². The number of ether oxygens (including phenoxy) is 1.